The lowest BCUT2D eigenvalue weighted by atomic mass is 10.1. The number of thiophene rings is 2. The molecule has 0 aliphatic carbocycles. The van der Waals surface area contributed by atoms with E-state index in [1.165, 1.54) is 22.7 Å². The van der Waals surface area contributed by atoms with Crippen LogP contribution in [0.2, 0.25) is 5.02 Å². The third-order valence-electron chi connectivity index (χ3n) is 4.20. The molecule has 7 heteroatoms. The molecule has 28 heavy (non-hydrogen) atoms. The first-order valence-corrected chi connectivity index (χ1v) is 10.7. The highest BCUT2D eigenvalue weighted by Crippen LogP contribution is 2.39. The molecule has 3 rings (SSSR count). The van der Waals surface area contributed by atoms with E-state index in [9.17, 15) is 14.7 Å². The van der Waals surface area contributed by atoms with Gasteiger partial charge in [-0.3, -0.25) is 14.6 Å². The minimum Gasteiger partial charge on any atom is -0.506 e. The third-order valence-corrected chi connectivity index (χ3v) is 6.64. The summed E-state index contributed by atoms with van der Waals surface area (Å²) in [7, 11) is 0. The minimum absolute atomic E-state index is 0.0293. The fourth-order valence-corrected chi connectivity index (χ4v) is 4.66. The molecule has 144 valence electrons. The van der Waals surface area contributed by atoms with Gasteiger partial charge < -0.3 is 5.11 Å². The van der Waals surface area contributed by atoms with Gasteiger partial charge in [-0.15, -0.1) is 22.7 Å². The molecule has 1 N–H and O–H groups in total. The van der Waals surface area contributed by atoms with E-state index in [1.54, 1.807) is 38.1 Å². The van der Waals surface area contributed by atoms with E-state index >= 15 is 0 Å². The molecule has 0 radical (unpaired) electrons. The van der Waals surface area contributed by atoms with Gasteiger partial charge in [0, 0.05) is 28.1 Å². The van der Waals surface area contributed by atoms with Crippen LogP contribution in [0.1, 0.15) is 45.2 Å². The average molecular weight is 432 g/mol. The van der Waals surface area contributed by atoms with Crippen molar-refractivity contribution in [1.29, 1.82) is 0 Å². The molecule has 0 aliphatic rings. The predicted octanol–water partition coefficient (Wildman–Crippen LogP) is 6.12. The Labute approximate surface area is 176 Å². The molecule has 2 heterocycles. The summed E-state index contributed by atoms with van der Waals surface area (Å²) in [5.41, 5.74) is 2.06. The normalized spacial score (nSPS) is 11.6. The Bertz CT molecular complexity index is 1050. The maximum atomic E-state index is 12.4. The van der Waals surface area contributed by atoms with Crippen molar-refractivity contribution in [3.05, 3.63) is 62.1 Å². The SMILES string of the molecule is CCC(=O)c1ccc(C(=O)CN=C(C)c2csc(-c3ccc(Cl)cc3)c2O)s1. The molecule has 0 bridgehead atoms. The van der Waals surface area contributed by atoms with E-state index < -0.39 is 0 Å². The highest BCUT2D eigenvalue weighted by atomic mass is 35.5. The van der Waals surface area contributed by atoms with Crippen LogP contribution in [0.25, 0.3) is 10.4 Å². The van der Waals surface area contributed by atoms with E-state index in [1.807, 2.05) is 17.5 Å². The van der Waals surface area contributed by atoms with Crippen LogP contribution in [-0.2, 0) is 0 Å². The summed E-state index contributed by atoms with van der Waals surface area (Å²) in [4.78, 5) is 30.3. The molecular formula is C21H18ClNO3S2. The number of hydrogen-bond donors (Lipinski definition) is 1. The molecule has 0 aliphatic heterocycles. The summed E-state index contributed by atoms with van der Waals surface area (Å²) < 4.78 is 0. The number of benzene rings is 1. The summed E-state index contributed by atoms with van der Waals surface area (Å²) in [6.45, 7) is 3.53. The Hall–Kier alpha value is -2.28. The number of carbonyl (C=O) groups is 2. The number of aromatic hydroxyl groups is 1. The van der Waals surface area contributed by atoms with Gasteiger partial charge in [0.2, 0.25) is 0 Å². The molecule has 0 saturated heterocycles. The van der Waals surface area contributed by atoms with Crippen molar-refractivity contribution in [3.8, 4) is 16.2 Å². The fourth-order valence-electron chi connectivity index (χ4n) is 2.58. The number of ketones is 2. The smallest absolute Gasteiger partial charge is 0.194 e. The zero-order valence-corrected chi connectivity index (χ0v) is 17.7. The second-order valence-electron chi connectivity index (χ2n) is 6.10. The van der Waals surface area contributed by atoms with E-state index in [0.717, 1.165) is 10.4 Å². The lowest BCUT2D eigenvalue weighted by Gasteiger charge is -2.02. The summed E-state index contributed by atoms with van der Waals surface area (Å²) in [5, 5.41) is 13.0. The van der Waals surface area contributed by atoms with Crippen LogP contribution >= 0.6 is 34.3 Å². The van der Waals surface area contributed by atoms with Gasteiger partial charge in [0.1, 0.15) is 12.3 Å². The number of halogens is 1. The van der Waals surface area contributed by atoms with Gasteiger partial charge in [0.15, 0.2) is 11.6 Å². The first kappa shape index (κ1) is 20.5. The monoisotopic (exact) mass is 431 g/mol. The van der Waals surface area contributed by atoms with Crippen LogP contribution in [0.4, 0.5) is 0 Å². The summed E-state index contributed by atoms with van der Waals surface area (Å²) in [6.07, 6.45) is 0.415. The highest BCUT2D eigenvalue weighted by molar-refractivity contribution is 7.16. The lowest BCUT2D eigenvalue weighted by Crippen LogP contribution is -2.04. The van der Waals surface area contributed by atoms with E-state index in [0.29, 0.717) is 32.5 Å². The van der Waals surface area contributed by atoms with E-state index in [-0.39, 0.29) is 23.9 Å². The molecule has 0 unspecified atom stereocenters. The zero-order valence-electron chi connectivity index (χ0n) is 15.4. The van der Waals surface area contributed by atoms with Crippen LogP contribution in [-0.4, -0.2) is 28.9 Å². The van der Waals surface area contributed by atoms with Crippen molar-refractivity contribution in [2.24, 2.45) is 4.99 Å². The number of carbonyl (C=O) groups excluding carboxylic acids is 2. The summed E-state index contributed by atoms with van der Waals surface area (Å²) in [5.74, 6) is 0.0294. The minimum atomic E-state index is -0.146. The van der Waals surface area contributed by atoms with Crippen molar-refractivity contribution < 1.29 is 14.7 Å². The number of hydrogen-bond acceptors (Lipinski definition) is 6. The van der Waals surface area contributed by atoms with E-state index in [4.69, 9.17) is 11.6 Å². The van der Waals surface area contributed by atoms with Crippen LogP contribution in [0.3, 0.4) is 0 Å². The highest BCUT2D eigenvalue weighted by Gasteiger charge is 2.16. The fraction of sp³-hybridized carbons (Fsp3) is 0.190. The second kappa shape index (κ2) is 8.82. The van der Waals surface area contributed by atoms with Crippen LogP contribution in [0.15, 0.2) is 46.8 Å². The maximum absolute atomic E-state index is 12.4. The van der Waals surface area contributed by atoms with Gasteiger partial charge in [-0.05, 0) is 36.8 Å². The largest absolute Gasteiger partial charge is 0.506 e. The molecule has 0 fully saturated rings. The second-order valence-corrected chi connectivity index (χ2v) is 8.50. The standard InChI is InChI=1S/C21H18ClNO3S2/c1-3-16(24)18-8-9-19(28-18)17(25)10-23-12(2)15-11-27-21(20(15)26)13-4-6-14(22)7-5-13/h4-9,11,26H,3,10H2,1-2H3. The Kier molecular flexibility index (Phi) is 6.44. The Balaban J connectivity index is 1.75. The molecule has 4 nitrogen and oxygen atoms in total. The average Bonchev–Trinajstić information content (AvgIpc) is 3.33. The van der Waals surface area contributed by atoms with Crippen LogP contribution < -0.4 is 0 Å². The van der Waals surface area contributed by atoms with Crippen LogP contribution in [0, 0.1) is 0 Å². The molecule has 0 spiro atoms. The molecular weight excluding hydrogens is 414 g/mol. The number of Topliss-reactive ketones (excluding diaryl/α,β-unsaturated/α-hetero) is 2. The van der Waals surface area contributed by atoms with Gasteiger partial charge in [-0.25, -0.2) is 0 Å². The van der Waals surface area contributed by atoms with Gasteiger partial charge >= 0.3 is 0 Å². The Morgan fingerprint density at radius 2 is 1.71 bits per heavy atom. The van der Waals surface area contributed by atoms with Gasteiger partial charge in [-0.2, -0.15) is 0 Å². The predicted molar refractivity (Wildman–Crippen MR) is 117 cm³/mol. The van der Waals surface area contributed by atoms with Gasteiger partial charge in [0.25, 0.3) is 0 Å². The van der Waals surface area contributed by atoms with Crippen molar-refractivity contribution in [1.82, 2.24) is 0 Å². The van der Waals surface area contributed by atoms with Crippen molar-refractivity contribution in [2.45, 2.75) is 20.3 Å². The third kappa shape index (κ3) is 4.41. The topological polar surface area (TPSA) is 66.7 Å². The zero-order chi connectivity index (χ0) is 20.3. The molecule has 2 aromatic heterocycles. The Morgan fingerprint density at radius 3 is 2.36 bits per heavy atom. The molecule has 3 aromatic rings. The van der Waals surface area contributed by atoms with Crippen molar-refractivity contribution in [2.75, 3.05) is 6.54 Å². The van der Waals surface area contributed by atoms with E-state index in [2.05, 4.69) is 4.99 Å². The first-order valence-electron chi connectivity index (χ1n) is 8.64. The number of rotatable bonds is 7. The summed E-state index contributed by atoms with van der Waals surface area (Å²) in [6, 6.07) is 10.6. The molecule has 0 saturated carbocycles. The molecule has 0 amide bonds. The van der Waals surface area contributed by atoms with Crippen LogP contribution in [0.5, 0.6) is 5.75 Å². The first-order chi connectivity index (χ1) is 13.4. The summed E-state index contributed by atoms with van der Waals surface area (Å²) >= 11 is 8.52. The van der Waals surface area contributed by atoms with Crippen molar-refractivity contribution in [3.63, 3.8) is 0 Å². The Morgan fingerprint density at radius 1 is 1.07 bits per heavy atom. The van der Waals surface area contributed by atoms with Gasteiger partial charge in [0.05, 0.1) is 14.6 Å². The lowest BCUT2D eigenvalue weighted by molar-refractivity contribution is 0.0989. The number of nitrogens with zero attached hydrogens (tertiary/aromatic N) is 1. The molecule has 0 atom stereocenters. The van der Waals surface area contributed by atoms with Gasteiger partial charge in [-0.1, -0.05) is 30.7 Å². The number of aliphatic imine (C=N–C) groups is 1. The van der Waals surface area contributed by atoms with Crippen molar-refractivity contribution >= 4 is 51.6 Å². The molecule has 1 aromatic carbocycles. The quantitative estimate of drug-likeness (QED) is 0.362. The maximum Gasteiger partial charge on any atom is 0.194 e.